The smallest absolute Gasteiger partial charge is 0.330 e. The summed E-state index contributed by atoms with van der Waals surface area (Å²) < 4.78 is 0. The molecule has 2 amide bonds. The zero-order chi connectivity index (χ0) is 19.4. The molecule has 0 aliphatic carbocycles. The first-order chi connectivity index (χ1) is 12.5. The molecule has 0 aromatic carbocycles. The summed E-state index contributed by atoms with van der Waals surface area (Å²) in [4.78, 5) is 51.2. The number of nitrogens with zero attached hydrogens (tertiary/aromatic N) is 1. The number of unbranched alkanes of at least 4 members (excludes halogenated alkanes) is 8. The number of hydrogen-bond donors (Lipinski definition) is 1. The van der Waals surface area contributed by atoms with Crippen molar-refractivity contribution in [3.05, 3.63) is 0 Å². The van der Waals surface area contributed by atoms with Gasteiger partial charge in [0.2, 0.25) is 0 Å². The van der Waals surface area contributed by atoms with Crippen LogP contribution < -0.4 is 5.73 Å². The van der Waals surface area contributed by atoms with Crippen molar-refractivity contribution in [2.45, 2.75) is 96.4 Å². The molecule has 1 rings (SSSR count). The van der Waals surface area contributed by atoms with Crippen LogP contribution in [0.1, 0.15) is 90.4 Å². The minimum Gasteiger partial charge on any atom is -0.330 e. The van der Waals surface area contributed by atoms with Crippen LogP contribution in [-0.4, -0.2) is 34.7 Å². The van der Waals surface area contributed by atoms with Gasteiger partial charge in [-0.3, -0.25) is 14.4 Å². The van der Waals surface area contributed by atoms with Gasteiger partial charge in [0.05, 0.1) is 12.5 Å². The Morgan fingerprint density at radius 2 is 1.46 bits per heavy atom. The molecule has 0 spiro atoms. The number of imide groups is 1. The molecule has 0 saturated carbocycles. The molecule has 1 heterocycles. The molecular formula is C19H32N2O5. The number of carbonyl (C=O) groups excluding carboxylic acids is 4. The van der Waals surface area contributed by atoms with Crippen LogP contribution in [0.3, 0.4) is 0 Å². The molecule has 0 radical (unpaired) electrons. The van der Waals surface area contributed by atoms with Crippen LogP contribution in [-0.2, 0) is 24.0 Å². The molecule has 1 aliphatic heterocycles. The van der Waals surface area contributed by atoms with Crippen molar-refractivity contribution in [3.8, 4) is 0 Å². The zero-order valence-electron chi connectivity index (χ0n) is 15.8. The minimum atomic E-state index is -0.954. The van der Waals surface area contributed by atoms with Crippen LogP contribution in [0, 0.1) is 0 Å². The van der Waals surface area contributed by atoms with Gasteiger partial charge in [-0.2, -0.15) is 0 Å². The average molecular weight is 368 g/mol. The molecular weight excluding hydrogens is 336 g/mol. The van der Waals surface area contributed by atoms with E-state index in [0.29, 0.717) is 11.5 Å². The van der Waals surface area contributed by atoms with E-state index in [2.05, 4.69) is 6.92 Å². The normalized spacial score (nSPS) is 15.4. The fourth-order valence-corrected chi connectivity index (χ4v) is 2.89. The van der Waals surface area contributed by atoms with Crippen molar-refractivity contribution in [2.75, 3.05) is 0 Å². The number of rotatable bonds is 14. The number of carbonyl (C=O) groups is 4. The Hall–Kier alpha value is -1.76. The Bertz CT molecular complexity index is 476. The fourth-order valence-electron chi connectivity index (χ4n) is 2.89. The van der Waals surface area contributed by atoms with Gasteiger partial charge in [0.15, 0.2) is 0 Å². The highest BCUT2D eigenvalue weighted by Crippen LogP contribution is 2.14. The molecule has 1 fully saturated rings. The maximum absolute atomic E-state index is 12.0. The van der Waals surface area contributed by atoms with Crippen molar-refractivity contribution in [3.63, 3.8) is 0 Å². The van der Waals surface area contributed by atoms with Crippen molar-refractivity contribution in [2.24, 2.45) is 5.73 Å². The van der Waals surface area contributed by atoms with E-state index >= 15 is 0 Å². The topological polar surface area (TPSA) is 107 Å². The first-order valence-electron chi connectivity index (χ1n) is 9.80. The van der Waals surface area contributed by atoms with Gasteiger partial charge in [-0.1, -0.05) is 58.3 Å². The van der Waals surface area contributed by atoms with Crippen molar-refractivity contribution < 1.29 is 24.0 Å². The van der Waals surface area contributed by atoms with E-state index in [-0.39, 0.29) is 25.0 Å². The van der Waals surface area contributed by atoms with E-state index in [1.165, 1.54) is 38.5 Å². The summed E-state index contributed by atoms with van der Waals surface area (Å²) in [6.45, 7) is 2.20. The number of hydroxylamine groups is 2. The molecule has 1 unspecified atom stereocenters. The predicted molar refractivity (Wildman–Crippen MR) is 96.6 cm³/mol. The Morgan fingerprint density at radius 3 is 2.00 bits per heavy atom. The summed E-state index contributed by atoms with van der Waals surface area (Å²) in [5.74, 6) is -2.11. The molecule has 0 bridgehead atoms. The van der Waals surface area contributed by atoms with Gasteiger partial charge in [-0.15, -0.1) is 5.06 Å². The molecule has 26 heavy (non-hydrogen) atoms. The molecule has 1 saturated heterocycles. The highest BCUT2D eigenvalue weighted by atomic mass is 16.7. The molecule has 7 nitrogen and oxygen atoms in total. The van der Waals surface area contributed by atoms with Crippen LogP contribution in [0.25, 0.3) is 0 Å². The number of amides is 2. The quantitative estimate of drug-likeness (QED) is 0.373. The van der Waals surface area contributed by atoms with E-state index in [1.807, 2.05) is 0 Å². The van der Waals surface area contributed by atoms with Crippen LogP contribution in [0.5, 0.6) is 0 Å². The lowest BCUT2D eigenvalue weighted by molar-refractivity contribution is -0.197. The molecule has 7 heteroatoms. The Morgan fingerprint density at radius 1 is 0.962 bits per heavy atom. The van der Waals surface area contributed by atoms with E-state index in [0.717, 1.165) is 19.3 Å². The largest absolute Gasteiger partial charge is 0.335 e. The number of nitrogens with two attached hydrogens (primary N) is 1. The molecule has 2 N–H and O–H groups in total. The second-order valence-corrected chi connectivity index (χ2v) is 6.90. The lowest BCUT2D eigenvalue weighted by Crippen LogP contribution is -2.37. The lowest BCUT2D eigenvalue weighted by Gasteiger charge is -2.14. The first-order valence-corrected chi connectivity index (χ1v) is 9.80. The third kappa shape index (κ3) is 8.56. The van der Waals surface area contributed by atoms with Gasteiger partial charge < -0.3 is 10.6 Å². The summed E-state index contributed by atoms with van der Waals surface area (Å²) in [6.07, 6.45) is 10.5. The fraction of sp³-hybridized carbons (Fsp3) is 0.789. The molecule has 148 valence electrons. The van der Waals surface area contributed by atoms with Gasteiger partial charge in [0.25, 0.3) is 11.8 Å². The third-order valence-corrected chi connectivity index (χ3v) is 4.53. The average Bonchev–Trinajstić information content (AvgIpc) is 2.92. The highest BCUT2D eigenvalue weighted by molar-refractivity contribution is 6.01. The maximum atomic E-state index is 12.0. The van der Waals surface area contributed by atoms with Gasteiger partial charge in [0.1, 0.15) is 5.78 Å². The van der Waals surface area contributed by atoms with Crippen LogP contribution in [0.4, 0.5) is 0 Å². The van der Waals surface area contributed by atoms with Crippen LogP contribution in [0.15, 0.2) is 0 Å². The van der Waals surface area contributed by atoms with Gasteiger partial charge >= 0.3 is 5.97 Å². The van der Waals surface area contributed by atoms with Crippen molar-refractivity contribution in [1.82, 2.24) is 5.06 Å². The number of ketones is 1. The van der Waals surface area contributed by atoms with E-state index in [4.69, 9.17) is 10.6 Å². The molecule has 0 aromatic heterocycles. The van der Waals surface area contributed by atoms with Gasteiger partial charge in [0, 0.05) is 19.3 Å². The summed E-state index contributed by atoms with van der Waals surface area (Å²) >= 11 is 0. The van der Waals surface area contributed by atoms with E-state index in [1.54, 1.807) is 0 Å². The van der Waals surface area contributed by atoms with Crippen LogP contribution in [0.2, 0.25) is 0 Å². The number of Topliss-reactive ketones (excluding diaryl/α,β-unsaturated/α-hetero) is 1. The second kappa shape index (κ2) is 12.6. The number of hydrogen-bond acceptors (Lipinski definition) is 6. The standard InChI is InChI=1S/C19H32N2O5/c1-2-3-4-5-6-7-8-9-10-11-16(22)15(20)14-19(25)26-21-17(23)12-13-18(21)24/h15H,2-14,20H2,1H3. The van der Waals surface area contributed by atoms with Gasteiger partial charge in [-0.05, 0) is 6.42 Å². The van der Waals surface area contributed by atoms with E-state index < -0.39 is 23.8 Å². The van der Waals surface area contributed by atoms with Crippen molar-refractivity contribution in [1.29, 1.82) is 0 Å². The molecule has 1 atom stereocenters. The maximum Gasteiger partial charge on any atom is 0.335 e. The van der Waals surface area contributed by atoms with Gasteiger partial charge in [-0.25, -0.2) is 4.79 Å². The van der Waals surface area contributed by atoms with Crippen molar-refractivity contribution >= 4 is 23.6 Å². The third-order valence-electron chi connectivity index (χ3n) is 4.53. The minimum absolute atomic E-state index is 0.0374. The SMILES string of the molecule is CCCCCCCCCCCC(=O)C(N)CC(=O)ON1C(=O)CCC1=O. The summed E-state index contributed by atoms with van der Waals surface area (Å²) in [5.41, 5.74) is 5.73. The Labute approximate surface area is 155 Å². The summed E-state index contributed by atoms with van der Waals surface area (Å²) in [6, 6.07) is -0.954. The molecule has 0 aromatic rings. The predicted octanol–water partition coefficient (Wildman–Crippen LogP) is 2.80. The Balaban J connectivity index is 2.10. The second-order valence-electron chi connectivity index (χ2n) is 6.90. The van der Waals surface area contributed by atoms with E-state index in [9.17, 15) is 19.2 Å². The van der Waals surface area contributed by atoms with Crippen LogP contribution >= 0.6 is 0 Å². The summed E-state index contributed by atoms with van der Waals surface area (Å²) in [7, 11) is 0. The Kier molecular flexibility index (Phi) is 10.8. The highest BCUT2D eigenvalue weighted by Gasteiger charge is 2.33. The lowest BCUT2D eigenvalue weighted by atomic mass is 10.0. The monoisotopic (exact) mass is 368 g/mol. The summed E-state index contributed by atoms with van der Waals surface area (Å²) in [5, 5.41) is 0.472. The zero-order valence-corrected chi connectivity index (χ0v) is 15.8. The first kappa shape index (κ1) is 22.3. The molecule has 1 aliphatic rings.